The molecule has 154 valence electrons. The van der Waals surface area contributed by atoms with E-state index in [9.17, 15) is 9.18 Å². The summed E-state index contributed by atoms with van der Waals surface area (Å²) in [7, 11) is 0. The Bertz CT molecular complexity index is 827. The Morgan fingerprint density at radius 1 is 0.966 bits per heavy atom. The first-order valence-corrected chi connectivity index (χ1v) is 10.7. The maximum Gasteiger partial charge on any atom is 0.270 e. The average Bonchev–Trinajstić information content (AvgIpc) is 3.03. The normalized spacial score (nSPS) is 18.4. The number of nitrogens with zero attached hydrogens (tertiary/aromatic N) is 3. The Balaban J connectivity index is 1.37. The van der Waals surface area contributed by atoms with E-state index in [0.29, 0.717) is 11.4 Å². The minimum atomic E-state index is -0.178. The van der Waals surface area contributed by atoms with E-state index >= 15 is 0 Å². The number of halogens is 1. The molecule has 2 fully saturated rings. The number of hydrogen-bond acceptors (Lipinski definition) is 4. The van der Waals surface area contributed by atoms with Crippen LogP contribution >= 0.6 is 0 Å². The first kappa shape index (κ1) is 19.7. The molecule has 2 aromatic rings. The van der Waals surface area contributed by atoms with Gasteiger partial charge in [0.2, 0.25) is 0 Å². The van der Waals surface area contributed by atoms with E-state index in [0.717, 1.165) is 44.7 Å². The molecular formula is C23H29FN4O. The van der Waals surface area contributed by atoms with Gasteiger partial charge >= 0.3 is 0 Å². The summed E-state index contributed by atoms with van der Waals surface area (Å²) in [6.45, 7) is 3.05. The lowest BCUT2D eigenvalue weighted by Gasteiger charge is -2.37. The zero-order valence-electron chi connectivity index (χ0n) is 16.8. The van der Waals surface area contributed by atoms with Crippen molar-refractivity contribution in [2.45, 2.75) is 44.6 Å². The van der Waals surface area contributed by atoms with Gasteiger partial charge in [-0.15, -0.1) is 0 Å². The fourth-order valence-electron chi connectivity index (χ4n) is 4.34. The number of para-hydroxylation sites is 1. The summed E-state index contributed by atoms with van der Waals surface area (Å²) in [5.74, 6) is -0.258. The van der Waals surface area contributed by atoms with E-state index in [4.69, 9.17) is 0 Å². The van der Waals surface area contributed by atoms with Gasteiger partial charge in [-0.25, -0.2) is 4.39 Å². The molecule has 0 atom stereocenters. The number of amides is 1. The van der Waals surface area contributed by atoms with Gasteiger partial charge in [0.25, 0.3) is 5.91 Å². The van der Waals surface area contributed by atoms with E-state index in [2.05, 4.69) is 20.1 Å². The molecule has 1 aromatic carbocycles. The van der Waals surface area contributed by atoms with Crippen LogP contribution in [0.1, 0.15) is 49.0 Å². The lowest BCUT2D eigenvalue weighted by molar-refractivity contribution is 0.0928. The number of benzene rings is 1. The largest absolute Gasteiger partial charge is 0.368 e. The van der Waals surface area contributed by atoms with Gasteiger partial charge in [-0.2, -0.15) is 0 Å². The monoisotopic (exact) mass is 396 g/mol. The van der Waals surface area contributed by atoms with Crippen LogP contribution < -0.4 is 15.1 Å². The number of piperazine rings is 1. The minimum Gasteiger partial charge on any atom is -0.368 e. The summed E-state index contributed by atoms with van der Waals surface area (Å²) in [5.41, 5.74) is 2.13. The topological polar surface area (TPSA) is 48.5 Å². The van der Waals surface area contributed by atoms with Crippen molar-refractivity contribution < 1.29 is 9.18 Å². The second-order valence-corrected chi connectivity index (χ2v) is 7.99. The van der Waals surface area contributed by atoms with Crippen LogP contribution in [0.5, 0.6) is 0 Å². The summed E-state index contributed by atoms with van der Waals surface area (Å²) < 4.78 is 14.0. The maximum absolute atomic E-state index is 14.0. The smallest absolute Gasteiger partial charge is 0.270 e. The molecule has 1 saturated heterocycles. The third-order valence-corrected chi connectivity index (χ3v) is 6.00. The van der Waals surface area contributed by atoms with Gasteiger partial charge in [-0.3, -0.25) is 9.78 Å². The van der Waals surface area contributed by atoms with Crippen molar-refractivity contribution in [3.63, 3.8) is 0 Å². The summed E-state index contributed by atoms with van der Waals surface area (Å²) in [5, 5.41) is 3.17. The van der Waals surface area contributed by atoms with E-state index in [1.807, 2.05) is 24.3 Å². The van der Waals surface area contributed by atoms with Gasteiger partial charge < -0.3 is 15.1 Å². The highest BCUT2D eigenvalue weighted by atomic mass is 19.1. The van der Waals surface area contributed by atoms with Crippen molar-refractivity contribution in [3.05, 3.63) is 54.1 Å². The highest BCUT2D eigenvalue weighted by molar-refractivity contribution is 5.93. The Labute approximate surface area is 171 Å². The van der Waals surface area contributed by atoms with Crippen molar-refractivity contribution in [3.8, 4) is 0 Å². The van der Waals surface area contributed by atoms with E-state index < -0.39 is 0 Å². The third-order valence-electron chi connectivity index (χ3n) is 6.00. The van der Waals surface area contributed by atoms with Crippen LogP contribution in [-0.4, -0.2) is 43.1 Å². The molecule has 1 aliphatic heterocycles. The van der Waals surface area contributed by atoms with Crippen LogP contribution in [0, 0.1) is 5.82 Å². The zero-order chi connectivity index (χ0) is 20.1. The summed E-state index contributed by atoms with van der Waals surface area (Å²) >= 11 is 0. The van der Waals surface area contributed by atoms with E-state index in [-0.39, 0.29) is 17.8 Å². The number of carbonyl (C=O) groups is 1. The third kappa shape index (κ3) is 4.86. The van der Waals surface area contributed by atoms with Crippen LogP contribution in [-0.2, 0) is 0 Å². The van der Waals surface area contributed by atoms with Crippen molar-refractivity contribution >= 4 is 17.3 Å². The molecular weight excluding hydrogens is 367 g/mol. The lowest BCUT2D eigenvalue weighted by atomic mass is 10.1. The molecule has 5 nitrogen and oxygen atoms in total. The van der Waals surface area contributed by atoms with Crippen LogP contribution in [0.4, 0.5) is 15.8 Å². The number of carbonyl (C=O) groups excluding carboxylic acids is 1. The Hall–Kier alpha value is -2.63. The molecule has 1 amide bonds. The van der Waals surface area contributed by atoms with Crippen molar-refractivity contribution in [1.29, 1.82) is 0 Å². The fourth-order valence-corrected chi connectivity index (χ4v) is 4.34. The fraction of sp³-hybridized carbons (Fsp3) is 0.478. The predicted octanol–water partition coefficient (Wildman–Crippen LogP) is 4.00. The molecule has 1 saturated carbocycles. The molecule has 0 bridgehead atoms. The molecule has 1 N–H and O–H groups in total. The molecule has 0 spiro atoms. The molecule has 2 heterocycles. The van der Waals surface area contributed by atoms with Gasteiger partial charge in [0.05, 0.1) is 5.69 Å². The molecule has 0 unspecified atom stereocenters. The van der Waals surface area contributed by atoms with Gasteiger partial charge in [-0.05, 0) is 37.1 Å². The first-order chi connectivity index (χ1) is 14.2. The number of anilines is 2. The maximum atomic E-state index is 14.0. The number of rotatable bonds is 4. The van der Waals surface area contributed by atoms with Gasteiger partial charge in [0.1, 0.15) is 11.5 Å². The molecule has 4 rings (SSSR count). The molecule has 2 aliphatic rings. The molecule has 0 radical (unpaired) electrons. The Morgan fingerprint density at radius 2 is 1.66 bits per heavy atom. The number of pyridine rings is 1. The van der Waals surface area contributed by atoms with Gasteiger partial charge in [0.15, 0.2) is 0 Å². The Morgan fingerprint density at radius 3 is 2.38 bits per heavy atom. The number of hydrogen-bond donors (Lipinski definition) is 1. The average molecular weight is 397 g/mol. The lowest BCUT2D eigenvalue weighted by Crippen LogP contribution is -2.47. The SMILES string of the molecule is O=C(NC1CCCCCC1)c1cc(N2CCN(c3ccccc3F)CC2)ccn1. The van der Waals surface area contributed by atoms with Crippen LogP contribution in [0.2, 0.25) is 0 Å². The second-order valence-electron chi connectivity index (χ2n) is 7.99. The second kappa shape index (κ2) is 9.25. The van der Waals surface area contributed by atoms with Crippen LogP contribution in [0.3, 0.4) is 0 Å². The van der Waals surface area contributed by atoms with E-state index in [1.165, 1.54) is 31.7 Å². The highest BCUT2D eigenvalue weighted by Crippen LogP contribution is 2.23. The van der Waals surface area contributed by atoms with E-state index in [1.54, 1.807) is 12.3 Å². The van der Waals surface area contributed by atoms with Gasteiger partial charge in [-0.1, -0.05) is 37.8 Å². The molecule has 1 aliphatic carbocycles. The predicted molar refractivity (Wildman–Crippen MR) is 114 cm³/mol. The van der Waals surface area contributed by atoms with Gasteiger partial charge in [0, 0.05) is 44.1 Å². The standard InChI is InChI=1S/C23H29FN4O/c24-20-9-5-6-10-22(20)28-15-13-27(14-16-28)19-11-12-25-21(17-19)23(29)26-18-7-3-1-2-4-8-18/h5-6,9-12,17-18H,1-4,7-8,13-16H2,(H,26,29). The summed E-state index contributed by atoms with van der Waals surface area (Å²) in [6, 6.07) is 11.0. The number of nitrogens with one attached hydrogen (secondary N) is 1. The summed E-state index contributed by atoms with van der Waals surface area (Å²) in [6.07, 6.45) is 8.72. The first-order valence-electron chi connectivity index (χ1n) is 10.7. The number of aromatic nitrogens is 1. The quantitative estimate of drug-likeness (QED) is 0.794. The van der Waals surface area contributed by atoms with Crippen molar-refractivity contribution in [1.82, 2.24) is 10.3 Å². The molecule has 6 heteroatoms. The summed E-state index contributed by atoms with van der Waals surface area (Å²) in [4.78, 5) is 21.3. The van der Waals surface area contributed by atoms with Crippen LogP contribution in [0.25, 0.3) is 0 Å². The van der Waals surface area contributed by atoms with Crippen molar-refractivity contribution in [2.75, 3.05) is 36.0 Å². The highest BCUT2D eigenvalue weighted by Gasteiger charge is 2.21. The molecule has 29 heavy (non-hydrogen) atoms. The Kier molecular flexibility index (Phi) is 6.27. The zero-order valence-corrected chi connectivity index (χ0v) is 16.8. The molecule has 1 aromatic heterocycles. The van der Waals surface area contributed by atoms with Crippen molar-refractivity contribution in [2.24, 2.45) is 0 Å². The van der Waals surface area contributed by atoms with Crippen LogP contribution in [0.15, 0.2) is 42.6 Å². The minimum absolute atomic E-state index is 0.0799.